The first kappa shape index (κ1) is 30.8. The molecule has 54 heavy (non-hydrogen) atoms. The van der Waals surface area contributed by atoms with Gasteiger partial charge < -0.3 is 9.13 Å². The molecule has 0 aliphatic rings. The molecule has 10 aromatic rings. The van der Waals surface area contributed by atoms with Gasteiger partial charge in [0.1, 0.15) is 11.6 Å². The van der Waals surface area contributed by atoms with Crippen LogP contribution in [0.25, 0.3) is 93.7 Å². The highest BCUT2D eigenvalue weighted by molar-refractivity contribution is 6.12. The minimum Gasteiger partial charge on any atom is -0.308 e. The average molecular weight is 691 g/mol. The van der Waals surface area contributed by atoms with Crippen LogP contribution >= 0.6 is 0 Å². The molecule has 0 spiro atoms. The second-order valence-electron chi connectivity index (χ2n) is 13.0. The van der Waals surface area contributed by atoms with Crippen molar-refractivity contribution in [1.29, 1.82) is 5.26 Å². The zero-order chi connectivity index (χ0) is 36.2. The number of hydrogen-bond donors (Lipinski definition) is 0. The predicted octanol–water partition coefficient (Wildman–Crippen LogP) is 10.9. The Kier molecular flexibility index (Phi) is 7.07. The van der Waals surface area contributed by atoms with Crippen molar-refractivity contribution >= 4 is 49.3 Å². The Bertz CT molecular complexity index is 3000. The monoisotopic (exact) mass is 690 g/mol. The summed E-state index contributed by atoms with van der Waals surface area (Å²) >= 11 is 0. The highest BCUT2D eigenvalue weighted by Crippen LogP contribution is 2.41. The van der Waals surface area contributed by atoms with Crippen LogP contribution in [0.15, 0.2) is 158 Å². The van der Waals surface area contributed by atoms with Gasteiger partial charge in [0.05, 0.1) is 40.0 Å². The normalized spacial score (nSPS) is 11.3. The maximum absolute atomic E-state index is 11.3. The maximum atomic E-state index is 11.3. The summed E-state index contributed by atoms with van der Waals surface area (Å²) in [5.74, 6) is 1.23. The third-order valence-electron chi connectivity index (χ3n) is 9.99. The minimum atomic E-state index is 0.494. The molecule has 0 radical (unpaired) electrons. The Morgan fingerprint density at radius 1 is 0.463 bits per heavy atom. The first-order valence-electron chi connectivity index (χ1n) is 17.4. The molecule has 4 aromatic heterocycles. The number of fused-ring (bicyclic) bond motifs is 6. The molecule has 0 saturated heterocycles. The lowest BCUT2D eigenvalue weighted by Crippen LogP contribution is -2.05. The van der Waals surface area contributed by atoms with E-state index >= 15 is 0 Å². The van der Waals surface area contributed by atoms with Gasteiger partial charge in [-0.2, -0.15) is 5.26 Å². The molecular weight excluding hydrogens is 665 g/mol. The number of para-hydroxylation sites is 2. The topological polar surface area (TPSA) is 89.6 Å². The third-order valence-corrected chi connectivity index (χ3v) is 9.99. The SMILES string of the molecule is [C-]#[N+]c1cccc(-c2cc(-n3c4ccccc4c4ccc(-c5ncccn5)cc43)c(C#N)c(-n3c4ccccc4c4ccc(-c5ncccn5)cc43)c2)c1. The maximum Gasteiger partial charge on any atom is 0.187 e. The summed E-state index contributed by atoms with van der Waals surface area (Å²) < 4.78 is 4.36. The zero-order valence-corrected chi connectivity index (χ0v) is 28.6. The minimum absolute atomic E-state index is 0.494. The van der Waals surface area contributed by atoms with Crippen molar-refractivity contribution in [3.63, 3.8) is 0 Å². The third kappa shape index (κ3) is 4.83. The summed E-state index contributed by atoms with van der Waals surface area (Å²) in [6, 6.07) is 47.1. The van der Waals surface area contributed by atoms with Gasteiger partial charge in [0.25, 0.3) is 0 Å². The van der Waals surface area contributed by atoms with Crippen molar-refractivity contribution in [3.8, 4) is 51.3 Å². The van der Waals surface area contributed by atoms with Crippen molar-refractivity contribution < 1.29 is 0 Å². The number of nitrogens with zero attached hydrogens (tertiary/aromatic N) is 8. The molecule has 0 bridgehead atoms. The first-order valence-corrected chi connectivity index (χ1v) is 17.4. The summed E-state index contributed by atoms with van der Waals surface area (Å²) in [6.45, 7) is 7.78. The van der Waals surface area contributed by atoms with Crippen molar-refractivity contribution in [1.82, 2.24) is 29.1 Å². The van der Waals surface area contributed by atoms with Crippen LogP contribution in [0.2, 0.25) is 0 Å². The van der Waals surface area contributed by atoms with E-state index in [0.717, 1.165) is 65.9 Å². The first-order chi connectivity index (χ1) is 26.7. The highest BCUT2D eigenvalue weighted by Gasteiger charge is 2.23. The van der Waals surface area contributed by atoms with Gasteiger partial charge >= 0.3 is 0 Å². The van der Waals surface area contributed by atoms with Gasteiger partial charge in [0.15, 0.2) is 17.3 Å². The van der Waals surface area contributed by atoms with E-state index in [4.69, 9.17) is 6.57 Å². The van der Waals surface area contributed by atoms with Gasteiger partial charge in [-0.1, -0.05) is 78.9 Å². The quantitative estimate of drug-likeness (QED) is 0.168. The Labute approximate surface area is 309 Å². The second kappa shape index (κ2) is 12.4. The Morgan fingerprint density at radius 3 is 1.46 bits per heavy atom. The Morgan fingerprint density at radius 2 is 0.963 bits per heavy atom. The van der Waals surface area contributed by atoms with Crippen LogP contribution in [-0.4, -0.2) is 29.1 Å². The number of aromatic nitrogens is 6. The summed E-state index contributed by atoms with van der Waals surface area (Å²) in [5.41, 5.74) is 9.67. The van der Waals surface area contributed by atoms with Crippen molar-refractivity contribution in [3.05, 3.63) is 175 Å². The van der Waals surface area contributed by atoms with E-state index in [9.17, 15) is 5.26 Å². The van der Waals surface area contributed by atoms with Crippen molar-refractivity contribution in [2.45, 2.75) is 0 Å². The molecule has 0 N–H and O–H groups in total. The summed E-state index contributed by atoms with van der Waals surface area (Å²) in [5, 5.41) is 15.5. The summed E-state index contributed by atoms with van der Waals surface area (Å²) in [7, 11) is 0. The average Bonchev–Trinajstić information content (AvgIpc) is 3.75. The van der Waals surface area contributed by atoms with Crippen LogP contribution in [-0.2, 0) is 0 Å². The summed E-state index contributed by atoms with van der Waals surface area (Å²) in [4.78, 5) is 21.9. The van der Waals surface area contributed by atoms with Gasteiger partial charge in [0.2, 0.25) is 0 Å². The van der Waals surface area contributed by atoms with E-state index < -0.39 is 0 Å². The molecule has 0 amide bonds. The molecule has 0 saturated carbocycles. The van der Waals surface area contributed by atoms with Crippen LogP contribution in [0.3, 0.4) is 0 Å². The van der Waals surface area contributed by atoms with Crippen LogP contribution in [0, 0.1) is 17.9 Å². The smallest absolute Gasteiger partial charge is 0.187 e. The van der Waals surface area contributed by atoms with Gasteiger partial charge in [0, 0.05) is 57.5 Å². The molecule has 0 aliphatic carbocycles. The molecule has 0 atom stereocenters. The van der Waals surface area contributed by atoms with Crippen LogP contribution < -0.4 is 0 Å². The van der Waals surface area contributed by atoms with Gasteiger partial charge in [-0.15, -0.1) is 0 Å². The zero-order valence-electron chi connectivity index (χ0n) is 28.6. The lowest BCUT2D eigenvalue weighted by Gasteiger charge is -2.19. The molecule has 0 fully saturated rings. The van der Waals surface area contributed by atoms with Crippen molar-refractivity contribution in [2.24, 2.45) is 0 Å². The predicted molar refractivity (Wildman–Crippen MR) is 214 cm³/mol. The largest absolute Gasteiger partial charge is 0.308 e. The van der Waals surface area contributed by atoms with E-state index in [-0.39, 0.29) is 0 Å². The highest BCUT2D eigenvalue weighted by atomic mass is 15.0. The second-order valence-corrected chi connectivity index (χ2v) is 13.0. The lowest BCUT2D eigenvalue weighted by atomic mass is 9.99. The molecule has 250 valence electrons. The standard InChI is InChI=1S/C46H26N8/c1-48-33-10-6-9-29(23-33)32-26-43(53-39-13-4-2-11-34(39)36-17-15-30(24-41(36)53)45-49-19-7-20-50-45)38(28-47)44(27-32)54-40-14-5-3-12-35(40)37-18-16-31(25-42(37)54)46-51-21-8-22-52-46/h2-27H. The molecule has 4 heterocycles. The molecule has 8 heteroatoms. The number of rotatable bonds is 5. The van der Waals surface area contributed by atoms with E-state index in [1.165, 1.54) is 0 Å². The molecule has 10 rings (SSSR count). The van der Waals surface area contributed by atoms with E-state index in [1.54, 1.807) is 36.9 Å². The number of benzene rings is 6. The number of hydrogen-bond acceptors (Lipinski definition) is 5. The Balaban J connectivity index is 1.35. The number of nitriles is 1. The fraction of sp³-hybridized carbons (Fsp3) is 0. The van der Waals surface area contributed by atoms with E-state index in [1.807, 2.05) is 60.7 Å². The molecule has 8 nitrogen and oxygen atoms in total. The van der Waals surface area contributed by atoms with E-state index in [2.05, 4.69) is 101 Å². The van der Waals surface area contributed by atoms with Gasteiger partial charge in [-0.05, 0) is 65.7 Å². The molecule has 0 unspecified atom stereocenters. The van der Waals surface area contributed by atoms with Crippen LogP contribution in [0.5, 0.6) is 0 Å². The fourth-order valence-corrected chi connectivity index (χ4v) is 7.64. The molecule has 0 aliphatic heterocycles. The molecule has 6 aromatic carbocycles. The van der Waals surface area contributed by atoms with Gasteiger partial charge in [-0.3, -0.25) is 0 Å². The lowest BCUT2D eigenvalue weighted by molar-refractivity contribution is 1.12. The fourth-order valence-electron chi connectivity index (χ4n) is 7.64. The van der Waals surface area contributed by atoms with Gasteiger partial charge in [-0.25, -0.2) is 24.8 Å². The Hall–Kier alpha value is -7.94. The van der Waals surface area contributed by atoms with Crippen LogP contribution in [0.4, 0.5) is 5.69 Å². The van der Waals surface area contributed by atoms with Crippen LogP contribution in [0.1, 0.15) is 5.56 Å². The van der Waals surface area contributed by atoms with Crippen molar-refractivity contribution in [2.75, 3.05) is 0 Å². The molecular formula is C46H26N8. The summed E-state index contributed by atoms with van der Waals surface area (Å²) in [6.07, 6.45) is 6.96. The van der Waals surface area contributed by atoms with E-state index in [0.29, 0.717) is 34.3 Å².